The third-order valence-corrected chi connectivity index (χ3v) is 19.3. The molecule has 0 saturated carbocycles. The molecule has 5 aliphatic rings. The van der Waals surface area contributed by atoms with Gasteiger partial charge in [0.15, 0.2) is 25.2 Å². The molecular weight excluding hydrogens is 1260 g/mol. The van der Waals surface area contributed by atoms with Crippen molar-refractivity contribution in [3.05, 3.63) is 0 Å². The van der Waals surface area contributed by atoms with E-state index < -0.39 is 173 Å². The normalized spacial score (nSPS) is 35.7. The van der Waals surface area contributed by atoms with Gasteiger partial charge in [-0.05, 0) is 65.2 Å². The number of esters is 2. The van der Waals surface area contributed by atoms with Crippen LogP contribution in [0.15, 0.2) is 0 Å². The number of aliphatic hydroxyl groups excluding tert-OH is 16. The summed E-state index contributed by atoms with van der Waals surface area (Å²) in [7, 11) is 0. The van der Waals surface area contributed by atoms with E-state index in [1.54, 1.807) is 13.8 Å². The van der Waals surface area contributed by atoms with Gasteiger partial charge in [0.1, 0.15) is 111 Å². The van der Waals surface area contributed by atoms with Crippen LogP contribution < -0.4 is 0 Å². The van der Waals surface area contributed by atoms with Crippen LogP contribution in [0.1, 0.15) is 232 Å². The van der Waals surface area contributed by atoms with Crippen molar-refractivity contribution in [2.75, 3.05) is 26.4 Å². The van der Waals surface area contributed by atoms with Crippen molar-refractivity contribution < 1.29 is 139 Å². The van der Waals surface area contributed by atoms with E-state index in [1.807, 2.05) is 0 Å². The number of hydrogen-bond acceptors (Lipinski definition) is 28. The van der Waals surface area contributed by atoms with Crippen molar-refractivity contribution in [1.82, 2.24) is 0 Å². The third-order valence-electron chi connectivity index (χ3n) is 19.3. The first-order chi connectivity index (χ1) is 46.0. The Balaban J connectivity index is 1.05. The molecule has 5 heterocycles. The van der Waals surface area contributed by atoms with Crippen molar-refractivity contribution in [2.24, 2.45) is 0 Å². The minimum Gasteiger partial charge on any atom is -0.463 e. The van der Waals surface area contributed by atoms with Gasteiger partial charge in [-0.2, -0.15) is 0 Å². The lowest BCUT2D eigenvalue weighted by Crippen LogP contribution is -2.60. The molecule has 0 aromatic heterocycles. The van der Waals surface area contributed by atoms with E-state index in [1.165, 1.54) is 0 Å². The van der Waals surface area contributed by atoms with Crippen LogP contribution in [0.4, 0.5) is 0 Å². The molecule has 28 nitrogen and oxygen atoms in total. The molecule has 16 N–H and O–H groups in total. The van der Waals surface area contributed by atoms with Crippen LogP contribution in [-0.2, 0) is 57.0 Å². The second-order valence-electron chi connectivity index (χ2n) is 27.7. The Hall–Kier alpha value is -2.02. The fourth-order valence-electron chi connectivity index (χ4n) is 13.2. The Bertz CT molecular complexity index is 1890. The van der Waals surface area contributed by atoms with Crippen molar-refractivity contribution in [1.29, 1.82) is 0 Å². The summed E-state index contributed by atoms with van der Waals surface area (Å²) in [5, 5.41) is 167. The number of carbonyl (C=O) groups is 2. The number of aliphatic hydroxyl groups is 16. The molecule has 564 valence electrons. The minimum absolute atomic E-state index is 0.284. The molecule has 26 atom stereocenters. The van der Waals surface area contributed by atoms with E-state index >= 15 is 0 Å². The van der Waals surface area contributed by atoms with Gasteiger partial charge in [0.2, 0.25) is 0 Å². The zero-order valence-electron chi connectivity index (χ0n) is 56.9. The summed E-state index contributed by atoms with van der Waals surface area (Å²) in [5.74, 6) is -1.58. The number of ether oxygens (including phenoxy) is 10. The molecule has 0 radical (unpaired) electrons. The molecule has 5 saturated heterocycles. The van der Waals surface area contributed by atoms with E-state index in [-0.39, 0.29) is 50.1 Å². The Morgan fingerprint density at radius 3 is 0.938 bits per heavy atom. The maximum atomic E-state index is 13.5. The van der Waals surface area contributed by atoms with Gasteiger partial charge in [-0.15, -0.1) is 0 Å². The SMILES string of the molecule is CC(O)CCCCCC(CCCCCCCCCCCC1CC(=O)OC[C@H]2O[C@@H](OC(CCCCCCCCCCCC(CCCCCC(C)O)O[C@@H]3O[C@H](CO)[C@@H](O)[C@H](O)[C@H]3O)CC(=O)OC[C@H]3O[C@@H](O1)[C@H](O)[C@@H](O)[C@@H]3O)[C@H](O)[C@@H](O)[C@@H]2O)O[C@@H]1O[C@H](CO)[C@@H](O)[C@H](O)[C@H]1O. The fourth-order valence-corrected chi connectivity index (χ4v) is 13.2. The predicted octanol–water partition coefficient (Wildman–Crippen LogP) is 1.87. The Morgan fingerprint density at radius 2 is 0.625 bits per heavy atom. The lowest BCUT2D eigenvalue weighted by molar-refractivity contribution is -0.316. The molecule has 0 aromatic rings. The van der Waals surface area contributed by atoms with Crippen LogP contribution in [-0.4, -0.2) is 280 Å². The average molecular weight is 1390 g/mol. The number of cyclic esters (lactones) is 2. The second-order valence-corrected chi connectivity index (χ2v) is 27.7. The maximum Gasteiger partial charge on any atom is 0.308 e. The first-order valence-corrected chi connectivity index (χ1v) is 36.3. The van der Waals surface area contributed by atoms with Crippen molar-refractivity contribution >= 4 is 11.9 Å². The topological polar surface area (TPSA) is 450 Å². The highest BCUT2D eigenvalue weighted by atomic mass is 16.7. The molecule has 96 heavy (non-hydrogen) atoms. The first-order valence-electron chi connectivity index (χ1n) is 36.3. The Kier molecular flexibility index (Phi) is 41.0. The smallest absolute Gasteiger partial charge is 0.308 e. The van der Waals surface area contributed by atoms with Gasteiger partial charge in [-0.3, -0.25) is 9.59 Å². The fraction of sp³-hybridized carbons (Fsp3) is 0.971. The van der Waals surface area contributed by atoms with Crippen LogP contribution in [0.5, 0.6) is 0 Å². The Labute approximate surface area is 566 Å². The molecule has 6 unspecified atom stereocenters. The molecular formula is C68H124O28. The van der Waals surface area contributed by atoms with Crippen LogP contribution in [0.25, 0.3) is 0 Å². The van der Waals surface area contributed by atoms with Crippen LogP contribution in [0, 0.1) is 0 Å². The summed E-state index contributed by atoms with van der Waals surface area (Å²) in [6, 6.07) is 0. The summed E-state index contributed by atoms with van der Waals surface area (Å²) in [5.41, 5.74) is 0. The first kappa shape index (κ1) is 84.6. The summed E-state index contributed by atoms with van der Waals surface area (Å²) < 4.78 is 58.8. The largest absolute Gasteiger partial charge is 0.463 e. The summed E-state index contributed by atoms with van der Waals surface area (Å²) in [4.78, 5) is 27.1. The molecule has 0 spiro atoms. The number of rotatable bonds is 42. The molecule has 0 aliphatic carbocycles. The molecule has 0 amide bonds. The van der Waals surface area contributed by atoms with Crippen molar-refractivity contribution in [3.63, 3.8) is 0 Å². The van der Waals surface area contributed by atoms with E-state index in [0.717, 1.165) is 141 Å². The molecule has 5 aliphatic heterocycles. The van der Waals surface area contributed by atoms with Gasteiger partial charge in [-0.1, -0.05) is 154 Å². The quantitative estimate of drug-likeness (QED) is 0.0306. The van der Waals surface area contributed by atoms with Crippen LogP contribution in [0.2, 0.25) is 0 Å². The van der Waals surface area contributed by atoms with E-state index in [9.17, 15) is 91.3 Å². The van der Waals surface area contributed by atoms with Gasteiger partial charge in [0.05, 0.1) is 62.7 Å². The number of unbranched alkanes of at least 4 members (excludes halogenated alkanes) is 20. The standard InChI is InChI=1S/C68H124O28/c1-41(71)27-19-17-25-31-43(89-65-61(83)57(79)53(75)47(37-69)93-65)29-21-13-9-5-3-7-11-15-23-33-45-35-51(73)87-39-50-56(78)60(82)64(86)68(96-50)92-46(36-52(74)88-40-49-55(77)59(81)63(85)67(91-45)95-49)34-24-16-12-8-4-6-10-14-22-30-44(32-26-18-20-28-42(2)72)90-66-62(84)58(80)54(76)48(38-70)94-66/h41-50,53-72,75-86H,3-40H2,1-2H3/t41?,42?,43?,44?,45?,46?,47-,48-,49-,50-,53-,54-,55-,56-,57+,58+,59+,60+,61-,62-,63-,64-,65-,66-,67-,68-/m1/s1. The summed E-state index contributed by atoms with van der Waals surface area (Å²) in [6.07, 6.45) is -8.54. The van der Waals surface area contributed by atoms with E-state index in [4.69, 9.17) is 47.4 Å². The second kappa shape index (κ2) is 46.6. The lowest BCUT2D eigenvalue weighted by atomic mass is 9.98. The van der Waals surface area contributed by atoms with Gasteiger partial charge in [0.25, 0.3) is 0 Å². The number of carbonyl (C=O) groups excluding carboxylic acids is 2. The van der Waals surface area contributed by atoms with Crippen LogP contribution in [0.3, 0.4) is 0 Å². The van der Waals surface area contributed by atoms with E-state index in [2.05, 4.69) is 0 Å². The van der Waals surface area contributed by atoms with Crippen molar-refractivity contribution in [2.45, 2.75) is 392 Å². The lowest BCUT2D eigenvalue weighted by Gasteiger charge is -2.42. The van der Waals surface area contributed by atoms with Gasteiger partial charge < -0.3 is 129 Å². The predicted molar refractivity (Wildman–Crippen MR) is 343 cm³/mol. The monoisotopic (exact) mass is 1390 g/mol. The molecule has 5 fully saturated rings. The highest BCUT2D eigenvalue weighted by Crippen LogP contribution is 2.32. The maximum absolute atomic E-state index is 13.5. The summed E-state index contributed by atoms with van der Waals surface area (Å²) >= 11 is 0. The molecule has 5 rings (SSSR count). The highest BCUT2D eigenvalue weighted by Gasteiger charge is 2.49. The Morgan fingerprint density at radius 1 is 0.344 bits per heavy atom. The zero-order valence-corrected chi connectivity index (χ0v) is 56.9. The highest BCUT2D eigenvalue weighted by molar-refractivity contribution is 5.70. The zero-order chi connectivity index (χ0) is 70.1. The number of fused-ring (bicyclic) bond motifs is 4. The number of hydrogen-bond donors (Lipinski definition) is 16. The molecule has 0 aromatic carbocycles. The third kappa shape index (κ3) is 29.7. The van der Waals surface area contributed by atoms with Gasteiger partial charge in [0, 0.05) is 0 Å². The van der Waals surface area contributed by atoms with Crippen molar-refractivity contribution in [3.8, 4) is 0 Å². The minimum atomic E-state index is -1.78. The van der Waals surface area contributed by atoms with Gasteiger partial charge in [-0.25, -0.2) is 0 Å². The van der Waals surface area contributed by atoms with Crippen LogP contribution >= 0.6 is 0 Å². The summed E-state index contributed by atoms with van der Waals surface area (Å²) in [6.45, 7) is 1.28. The molecule has 4 bridgehead atoms. The van der Waals surface area contributed by atoms with E-state index in [0.29, 0.717) is 51.4 Å². The average Bonchev–Trinajstić information content (AvgIpc) is 0.846. The molecule has 28 heteroatoms. The van der Waals surface area contributed by atoms with Gasteiger partial charge >= 0.3 is 11.9 Å².